The van der Waals surface area contributed by atoms with Crippen LogP contribution in [0.15, 0.2) is 24.3 Å². The molecule has 2 saturated heterocycles. The van der Waals surface area contributed by atoms with E-state index in [1.54, 1.807) is 12.1 Å². The molecule has 5 heteroatoms. The van der Waals surface area contributed by atoms with Crippen molar-refractivity contribution in [2.75, 3.05) is 4.90 Å². The molecule has 0 radical (unpaired) electrons. The first-order valence-electron chi connectivity index (χ1n) is 6.55. The monoisotopic (exact) mass is 333 g/mol. The van der Waals surface area contributed by atoms with Gasteiger partial charge in [-0.3, -0.25) is 0 Å². The van der Waals surface area contributed by atoms with Crippen LogP contribution in [0.4, 0.5) is 18.9 Å². The summed E-state index contributed by atoms with van der Waals surface area (Å²) in [5, 5.41) is 0. The molecule has 2 aliphatic rings. The minimum absolute atomic E-state index is 0.242. The Morgan fingerprint density at radius 3 is 2.21 bits per heavy atom. The molecule has 2 aliphatic heterocycles. The molecule has 1 aromatic carbocycles. The second-order valence-corrected chi connectivity index (χ2v) is 6.67. The molecular formula is C14H15BrF3N. The van der Waals surface area contributed by atoms with E-state index in [9.17, 15) is 13.2 Å². The minimum Gasteiger partial charge on any atom is -0.365 e. The van der Waals surface area contributed by atoms with Crippen LogP contribution >= 0.6 is 15.9 Å². The zero-order chi connectivity index (χ0) is 13.6. The van der Waals surface area contributed by atoms with Gasteiger partial charge in [0.25, 0.3) is 0 Å². The Kier molecular flexibility index (Phi) is 3.28. The topological polar surface area (TPSA) is 3.24 Å². The molecule has 0 saturated carbocycles. The molecule has 0 amide bonds. The lowest BCUT2D eigenvalue weighted by molar-refractivity contribution is -0.137. The fraction of sp³-hybridized carbons (Fsp3) is 0.571. The molecule has 2 bridgehead atoms. The third-order valence-corrected chi connectivity index (χ3v) is 4.91. The van der Waals surface area contributed by atoms with Gasteiger partial charge in [0.2, 0.25) is 0 Å². The first-order chi connectivity index (χ1) is 8.97. The van der Waals surface area contributed by atoms with Crippen LogP contribution in [0.3, 0.4) is 0 Å². The first-order valence-corrected chi connectivity index (χ1v) is 7.47. The van der Waals surface area contributed by atoms with E-state index < -0.39 is 11.7 Å². The van der Waals surface area contributed by atoms with Crippen molar-refractivity contribution in [3.63, 3.8) is 0 Å². The van der Waals surface area contributed by atoms with E-state index in [1.165, 1.54) is 12.1 Å². The average Bonchev–Trinajstić information content (AvgIpc) is 2.60. The summed E-state index contributed by atoms with van der Waals surface area (Å²) in [6.45, 7) is 0. The third-order valence-electron chi connectivity index (χ3n) is 4.16. The molecule has 1 nitrogen and oxygen atoms in total. The smallest absolute Gasteiger partial charge is 0.365 e. The highest BCUT2D eigenvalue weighted by Crippen LogP contribution is 2.45. The van der Waals surface area contributed by atoms with E-state index in [0.29, 0.717) is 10.5 Å². The maximum atomic E-state index is 13.1. The van der Waals surface area contributed by atoms with Crippen molar-refractivity contribution in [1.82, 2.24) is 0 Å². The van der Waals surface area contributed by atoms with Crippen LogP contribution in [0.25, 0.3) is 0 Å². The Hall–Kier alpha value is -0.710. The molecule has 2 unspecified atom stereocenters. The summed E-state index contributed by atoms with van der Waals surface area (Å²) in [5.74, 6) is 0. The van der Waals surface area contributed by atoms with Gasteiger partial charge in [-0.1, -0.05) is 28.1 Å². The summed E-state index contributed by atoms with van der Waals surface area (Å²) in [6, 6.07) is 6.45. The number of piperidine rings is 1. The van der Waals surface area contributed by atoms with E-state index in [2.05, 4.69) is 15.9 Å². The number of nitrogens with zero attached hydrogens (tertiary/aromatic N) is 1. The van der Waals surface area contributed by atoms with Crippen LogP contribution in [0.2, 0.25) is 0 Å². The first kappa shape index (κ1) is 13.3. The van der Waals surface area contributed by atoms with Crippen molar-refractivity contribution in [1.29, 1.82) is 0 Å². The summed E-state index contributed by atoms with van der Waals surface area (Å²) in [5.41, 5.74) is -0.137. The predicted molar refractivity (Wildman–Crippen MR) is 72.7 cm³/mol. The number of para-hydroxylation sites is 1. The Labute approximate surface area is 118 Å². The van der Waals surface area contributed by atoms with Crippen LogP contribution in [-0.2, 0) is 6.18 Å². The van der Waals surface area contributed by atoms with Gasteiger partial charge in [-0.2, -0.15) is 13.2 Å². The van der Waals surface area contributed by atoms with Crippen LogP contribution < -0.4 is 4.90 Å². The van der Waals surface area contributed by atoms with Crippen LogP contribution in [0.1, 0.15) is 31.2 Å². The molecule has 0 aromatic heterocycles. The molecule has 2 heterocycles. The van der Waals surface area contributed by atoms with Crippen molar-refractivity contribution in [3.05, 3.63) is 29.8 Å². The molecule has 19 heavy (non-hydrogen) atoms. The number of fused-ring (bicyclic) bond motifs is 2. The van der Waals surface area contributed by atoms with Gasteiger partial charge in [-0.15, -0.1) is 0 Å². The van der Waals surface area contributed by atoms with Crippen LogP contribution in [0, 0.1) is 0 Å². The second-order valence-electron chi connectivity index (χ2n) is 5.38. The summed E-state index contributed by atoms with van der Waals surface area (Å²) < 4.78 is 39.4. The molecule has 0 spiro atoms. The van der Waals surface area contributed by atoms with E-state index in [0.717, 1.165) is 25.7 Å². The number of anilines is 1. The lowest BCUT2D eigenvalue weighted by atomic mass is 10.00. The quantitative estimate of drug-likeness (QED) is 0.679. The normalized spacial score (nSPS) is 30.7. The molecule has 0 aliphatic carbocycles. The fourth-order valence-corrected chi connectivity index (χ4v) is 4.31. The van der Waals surface area contributed by atoms with Crippen molar-refractivity contribution < 1.29 is 13.2 Å². The second kappa shape index (κ2) is 4.69. The predicted octanol–water partition coefficient (Wildman–Crippen LogP) is 4.60. The summed E-state index contributed by atoms with van der Waals surface area (Å²) in [6.07, 6.45) is -0.412. The lowest BCUT2D eigenvalue weighted by Gasteiger charge is -2.40. The van der Waals surface area contributed by atoms with Crippen LogP contribution in [-0.4, -0.2) is 16.9 Å². The van der Waals surface area contributed by atoms with Gasteiger partial charge in [0.05, 0.1) is 5.56 Å². The van der Waals surface area contributed by atoms with E-state index in [-0.39, 0.29) is 12.1 Å². The summed E-state index contributed by atoms with van der Waals surface area (Å²) >= 11 is 3.62. The standard InChI is InChI=1S/C14H15BrF3N/c15-9-7-10-5-6-11(8-9)19(10)13-4-2-1-3-12(13)14(16,17)18/h1-4,9-11H,5-8H2. The van der Waals surface area contributed by atoms with Gasteiger partial charge in [-0.25, -0.2) is 0 Å². The highest BCUT2D eigenvalue weighted by atomic mass is 79.9. The van der Waals surface area contributed by atoms with Crippen LogP contribution in [0.5, 0.6) is 0 Å². The Balaban J connectivity index is 2.00. The van der Waals surface area contributed by atoms with Crippen molar-refractivity contribution in [2.24, 2.45) is 0 Å². The van der Waals surface area contributed by atoms with Crippen molar-refractivity contribution >= 4 is 21.6 Å². The Bertz CT molecular complexity index is 460. The molecule has 0 N–H and O–H groups in total. The summed E-state index contributed by atoms with van der Waals surface area (Å²) in [4.78, 5) is 2.46. The van der Waals surface area contributed by atoms with Gasteiger partial charge in [0, 0.05) is 22.6 Å². The summed E-state index contributed by atoms with van der Waals surface area (Å²) in [7, 11) is 0. The molecule has 2 fully saturated rings. The molecule has 104 valence electrons. The molecule has 3 rings (SSSR count). The SMILES string of the molecule is FC(F)(F)c1ccccc1N1C2CCC1CC(Br)C2. The van der Waals surface area contributed by atoms with Crippen molar-refractivity contribution in [2.45, 2.75) is 48.8 Å². The number of benzene rings is 1. The van der Waals surface area contributed by atoms with E-state index >= 15 is 0 Å². The Morgan fingerprint density at radius 2 is 1.63 bits per heavy atom. The zero-order valence-electron chi connectivity index (χ0n) is 10.3. The maximum Gasteiger partial charge on any atom is 0.418 e. The largest absolute Gasteiger partial charge is 0.418 e. The number of hydrogen-bond donors (Lipinski definition) is 0. The lowest BCUT2D eigenvalue weighted by Crippen LogP contribution is -2.44. The van der Waals surface area contributed by atoms with Gasteiger partial charge in [0.1, 0.15) is 0 Å². The van der Waals surface area contributed by atoms with Gasteiger partial charge in [-0.05, 0) is 37.8 Å². The number of halogens is 4. The minimum atomic E-state index is -4.28. The fourth-order valence-electron chi connectivity index (χ4n) is 3.44. The zero-order valence-corrected chi connectivity index (χ0v) is 11.9. The maximum absolute atomic E-state index is 13.1. The highest BCUT2D eigenvalue weighted by molar-refractivity contribution is 9.09. The molecule has 1 aromatic rings. The molecule has 2 atom stereocenters. The average molecular weight is 334 g/mol. The van der Waals surface area contributed by atoms with Gasteiger partial charge < -0.3 is 4.90 Å². The van der Waals surface area contributed by atoms with Gasteiger partial charge in [0.15, 0.2) is 0 Å². The van der Waals surface area contributed by atoms with E-state index in [1.807, 2.05) is 4.90 Å². The highest BCUT2D eigenvalue weighted by Gasteiger charge is 2.43. The van der Waals surface area contributed by atoms with Gasteiger partial charge >= 0.3 is 6.18 Å². The number of hydrogen-bond acceptors (Lipinski definition) is 1. The van der Waals surface area contributed by atoms with Crippen molar-refractivity contribution in [3.8, 4) is 0 Å². The third kappa shape index (κ3) is 2.37. The van der Waals surface area contributed by atoms with E-state index in [4.69, 9.17) is 0 Å². The number of alkyl halides is 4. The molecular weight excluding hydrogens is 319 g/mol. The number of rotatable bonds is 1. The Morgan fingerprint density at radius 1 is 1.05 bits per heavy atom.